The number of methoxy groups -OCH3 is 1. The SMILES string of the molecule is COc1cccc(Nc2ncnc(Nc3nccs3)c2[N+](=O)[O-])c1. The van der Waals surface area contributed by atoms with Crippen LogP contribution in [0.1, 0.15) is 0 Å². The van der Waals surface area contributed by atoms with Crippen molar-refractivity contribution in [2.75, 3.05) is 17.7 Å². The van der Waals surface area contributed by atoms with Crippen molar-refractivity contribution in [1.29, 1.82) is 0 Å². The van der Waals surface area contributed by atoms with Crippen LogP contribution < -0.4 is 15.4 Å². The Bertz CT molecular complexity index is 855. The van der Waals surface area contributed by atoms with Crippen LogP contribution in [0.5, 0.6) is 5.75 Å². The molecule has 0 aliphatic heterocycles. The van der Waals surface area contributed by atoms with Crippen molar-refractivity contribution in [2.24, 2.45) is 0 Å². The predicted molar refractivity (Wildman–Crippen MR) is 90.4 cm³/mol. The standard InChI is InChI=1S/C14H12N6O3S/c1-23-10-4-2-3-9(7-10)18-12-11(20(21)22)13(17-8-16-12)19-14-15-5-6-24-14/h2-8H,1H3,(H2,15,16,17,18,19). The first-order valence-corrected chi connectivity index (χ1v) is 7.62. The van der Waals surface area contributed by atoms with Gasteiger partial charge in [0, 0.05) is 23.3 Å². The maximum atomic E-state index is 11.5. The summed E-state index contributed by atoms with van der Waals surface area (Å²) in [5.41, 5.74) is 0.340. The Labute approximate surface area is 140 Å². The van der Waals surface area contributed by atoms with E-state index >= 15 is 0 Å². The minimum atomic E-state index is -0.543. The average molecular weight is 344 g/mol. The molecule has 0 radical (unpaired) electrons. The summed E-state index contributed by atoms with van der Waals surface area (Å²) >= 11 is 1.31. The van der Waals surface area contributed by atoms with Crippen LogP contribution in [0.4, 0.5) is 28.1 Å². The van der Waals surface area contributed by atoms with Gasteiger partial charge in [0.2, 0.25) is 11.6 Å². The molecule has 0 aliphatic rings. The van der Waals surface area contributed by atoms with E-state index in [1.807, 2.05) is 0 Å². The van der Waals surface area contributed by atoms with Gasteiger partial charge in [-0.15, -0.1) is 11.3 Å². The third-order valence-electron chi connectivity index (χ3n) is 2.99. The predicted octanol–water partition coefficient (Wildman–Crippen LogP) is 3.34. The molecule has 10 heteroatoms. The number of hydrogen-bond acceptors (Lipinski definition) is 9. The minimum absolute atomic E-state index is 0.0651. The third-order valence-corrected chi connectivity index (χ3v) is 3.68. The summed E-state index contributed by atoms with van der Waals surface area (Å²) in [5.74, 6) is 0.760. The maximum absolute atomic E-state index is 11.5. The van der Waals surface area contributed by atoms with Crippen LogP contribution in [0.2, 0.25) is 0 Å². The Morgan fingerprint density at radius 3 is 2.67 bits per heavy atom. The summed E-state index contributed by atoms with van der Waals surface area (Å²) in [6, 6.07) is 7.00. The molecule has 1 aromatic carbocycles. The lowest BCUT2D eigenvalue weighted by molar-refractivity contribution is -0.383. The topological polar surface area (TPSA) is 115 Å². The van der Waals surface area contributed by atoms with E-state index in [2.05, 4.69) is 25.6 Å². The van der Waals surface area contributed by atoms with Gasteiger partial charge in [-0.1, -0.05) is 6.07 Å². The highest BCUT2D eigenvalue weighted by molar-refractivity contribution is 7.13. The lowest BCUT2D eigenvalue weighted by atomic mass is 10.3. The molecule has 122 valence electrons. The van der Waals surface area contributed by atoms with Crippen LogP contribution in [-0.4, -0.2) is 27.0 Å². The van der Waals surface area contributed by atoms with Crippen molar-refractivity contribution in [1.82, 2.24) is 15.0 Å². The van der Waals surface area contributed by atoms with E-state index in [-0.39, 0.29) is 17.3 Å². The van der Waals surface area contributed by atoms with Gasteiger partial charge in [-0.25, -0.2) is 15.0 Å². The van der Waals surface area contributed by atoms with Gasteiger partial charge < -0.3 is 15.4 Å². The van der Waals surface area contributed by atoms with Gasteiger partial charge >= 0.3 is 5.69 Å². The summed E-state index contributed by atoms with van der Waals surface area (Å²) in [7, 11) is 1.54. The van der Waals surface area contributed by atoms with Gasteiger partial charge in [0.15, 0.2) is 5.13 Å². The van der Waals surface area contributed by atoms with Crippen molar-refractivity contribution in [3.8, 4) is 5.75 Å². The summed E-state index contributed by atoms with van der Waals surface area (Å²) in [6.07, 6.45) is 2.83. The van der Waals surface area contributed by atoms with E-state index in [0.717, 1.165) is 0 Å². The fourth-order valence-electron chi connectivity index (χ4n) is 1.96. The zero-order valence-corrected chi connectivity index (χ0v) is 13.3. The molecule has 0 spiro atoms. The highest BCUT2D eigenvalue weighted by Crippen LogP contribution is 2.33. The van der Waals surface area contributed by atoms with Crippen LogP contribution in [0.3, 0.4) is 0 Å². The lowest BCUT2D eigenvalue weighted by Crippen LogP contribution is -2.05. The van der Waals surface area contributed by atoms with Crippen LogP contribution in [0.15, 0.2) is 42.2 Å². The zero-order chi connectivity index (χ0) is 16.9. The number of benzene rings is 1. The summed E-state index contributed by atoms with van der Waals surface area (Å²) < 4.78 is 5.14. The van der Waals surface area contributed by atoms with E-state index in [4.69, 9.17) is 4.74 Å². The molecule has 0 bridgehead atoms. The number of rotatable bonds is 6. The van der Waals surface area contributed by atoms with Crippen LogP contribution >= 0.6 is 11.3 Å². The number of nitro groups is 1. The molecule has 0 amide bonds. The zero-order valence-electron chi connectivity index (χ0n) is 12.5. The summed E-state index contributed by atoms with van der Waals surface area (Å²) in [5, 5.41) is 19.5. The first-order chi connectivity index (χ1) is 11.7. The van der Waals surface area contributed by atoms with Gasteiger partial charge in [-0.3, -0.25) is 10.1 Å². The second-order valence-electron chi connectivity index (χ2n) is 4.50. The first-order valence-electron chi connectivity index (χ1n) is 6.74. The van der Waals surface area contributed by atoms with Crippen molar-refractivity contribution >= 4 is 39.5 Å². The Balaban J connectivity index is 1.96. The number of nitrogens with one attached hydrogen (secondary N) is 2. The second-order valence-corrected chi connectivity index (χ2v) is 5.39. The molecule has 0 aliphatic carbocycles. The molecule has 2 heterocycles. The molecule has 0 unspecified atom stereocenters. The van der Waals surface area contributed by atoms with E-state index in [1.54, 1.807) is 43.0 Å². The van der Waals surface area contributed by atoms with Crippen molar-refractivity contribution in [3.63, 3.8) is 0 Å². The molecule has 9 nitrogen and oxygen atoms in total. The number of thiazole rings is 1. The summed E-state index contributed by atoms with van der Waals surface area (Å²) in [4.78, 5) is 22.9. The van der Waals surface area contributed by atoms with E-state index in [0.29, 0.717) is 16.6 Å². The monoisotopic (exact) mass is 344 g/mol. The average Bonchev–Trinajstić information content (AvgIpc) is 3.08. The van der Waals surface area contributed by atoms with Gasteiger partial charge in [-0.2, -0.15) is 0 Å². The lowest BCUT2D eigenvalue weighted by Gasteiger charge is -2.09. The molecule has 0 saturated carbocycles. The Morgan fingerprint density at radius 2 is 2.00 bits per heavy atom. The quantitative estimate of drug-likeness (QED) is 0.517. The van der Waals surface area contributed by atoms with E-state index in [1.165, 1.54) is 17.7 Å². The number of hydrogen-bond donors (Lipinski definition) is 2. The fraction of sp³-hybridized carbons (Fsp3) is 0.0714. The molecule has 0 fully saturated rings. The molecule has 2 aromatic heterocycles. The highest BCUT2D eigenvalue weighted by atomic mass is 32.1. The van der Waals surface area contributed by atoms with Crippen molar-refractivity contribution < 1.29 is 9.66 Å². The largest absolute Gasteiger partial charge is 0.497 e. The third kappa shape index (κ3) is 3.38. The minimum Gasteiger partial charge on any atom is -0.497 e. The smallest absolute Gasteiger partial charge is 0.353 e. The number of anilines is 4. The molecular weight excluding hydrogens is 332 g/mol. The normalized spacial score (nSPS) is 10.2. The molecule has 3 aromatic rings. The van der Waals surface area contributed by atoms with Gasteiger partial charge in [-0.05, 0) is 12.1 Å². The van der Waals surface area contributed by atoms with Gasteiger partial charge in [0.05, 0.1) is 12.0 Å². The molecular formula is C14H12N6O3S. The van der Waals surface area contributed by atoms with E-state index in [9.17, 15) is 10.1 Å². The number of aromatic nitrogens is 3. The van der Waals surface area contributed by atoms with Crippen LogP contribution in [0, 0.1) is 10.1 Å². The molecule has 0 atom stereocenters. The highest BCUT2D eigenvalue weighted by Gasteiger charge is 2.23. The number of nitrogens with zero attached hydrogens (tertiary/aromatic N) is 4. The molecule has 3 rings (SSSR count). The Hall–Kier alpha value is -3.27. The molecule has 0 saturated heterocycles. The van der Waals surface area contributed by atoms with Crippen molar-refractivity contribution in [3.05, 3.63) is 52.3 Å². The summed E-state index contributed by atoms with van der Waals surface area (Å²) in [6.45, 7) is 0. The van der Waals surface area contributed by atoms with Crippen molar-refractivity contribution in [2.45, 2.75) is 0 Å². The molecule has 24 heavy (non-hydrogen) atoms. The molecule has 2 N–H and O–H groups in total. The Kier molecular flexibility index (Phi) is 4.47. The fourth-order valence-corrected chi connectivity index (χ4v) is 2.49. The van der Waals surface area contributed by atoms with Gasteiger partial charge in [0.25, 0.3) is 0 Å². The maximum Gasteiger partial charge on any atom is 0.353 e. The van der Waals surface area contributed by atoms with Gasteiger partial charge in [0.1, 0.15) is 12.1 Å². The van der Waals surface area contributed by atoms with Crippen LogP contribution in [-0.2, 0) is 0 Å². The van der Waals surface area contributed by atoms with E-state index < -0.39 is 4.92 Å². The Morgan fingerprint density at radius 1 is 1.21 bits per heavy atom. The number of ether oxygens (including phenoxy) is 1. The second kappa shape index (κ2) is 6.87. The van der Waals surface area contributed by atoms with Crippen LogP contribution in [0.25, 0.3) is 0 Å². The first kappa shape index (κ1) is 15.6.